The van der Waals surface area contributed by atoms with Gasteiger partial charge in [-0.1, -0.05) is 44.0 Å². The molecular formula is C12H8Br2N2. The highest BCUT2D eigenvalue weighted by atomic mass is 79.9. The summed E-state index contributed by atoms with van der Waals surface area (Å²) < 4.78 is 2.02. The van der Waals surface area contributed by atoms with Crippen LogP contribution in [0.25, 0.3) is 5.69 Å². The van der Waals surface area contributed by atoms with Crippen molar-refractivity contribution in [3.8, 4) is 11.8 Å². The lowest BCUT2D eigenvalue weighted by Gasteiger charge is -2.07. The van der Waals surface area contributed by atoms with E-state index in [0.717, 1.165) is 11.3 Å². The number of hydrogen-bond donors (Lipinski definition) is 0. The van der Waals surface area contributed by atoms with Gasteiger partial charge in [0.2, 0.25) is 0 Å². The maximum Gasteiger partial charge on any atom is 0.124 e. The number of hydrogen-bond acceptors (Lipinski definition) is 1. The number of alkyl halides is 2. The van der Waals surface area contributed by atoms with E-state index < -0.39 is 0 Å². The van der Waals surface area contributed by atoms with Gasteiger partial charge in [-0.3, -0.25) is 0 Å². The summed E-state index contributed by atoms with van der Waals surface area (Å²) in [4.78, 5) is 0. The third kappa shape index (κ3) is 2.21. The van der Waals surface area contributed by atoms with Crippen molar-refractivity contribution in [3.63, 3.8) is 0 Å². The zero-order valence-electron chi connectivity index (χ0n) is 8.27. The Labute approximate surface area is 111 Å². The van der Waals surface area contributed by atoms with Crippen molar-refractivity contribution in [3.05, 3.63) is 53.9 Å². The molecule has 2 nitrogen and oxygen atoms in total. The van der Waals surface area contributed by atoms with E-state index in [1.165, 1.54) is 0 Å². The van der Waals surface area contributed by atoms with Crippen LogP contribution in [-0.4, -0.2) is 4.57 Å². The van der Waals surface area contributed by atoms with Crippen LogP contribution in [0.4, 0.5) is 0 Å². The highest BCUT2D eigenvalue weighted by Crippen LogP contribution is 2.29. The summed E-state index contributed by atoms with van der Waals surface area (Å²) in [5, 5.41) is 8.93. The summed E-state index contributed by atoms with van der Waals surface area (Å²) in [6.07, 6.45) is 1.88. The fourth-order valence-corrected chi connectivity index (χ4v) is 2.09. The molecule has 2 rings (SSSR count). The Bertz CT molecular complexity index is 521. The number of halogens is 2. The number of aromatic nitrogens is 1. The van der Waals surface area contributed by atoms with Gasteiger partial charge in [0, 0.05) is 11.9 Å². The summed E-state index contributed by atoms with van der Waals surface area (Å²) in [7, 11) is 0. The van der Waals surface area contributed by atoms with Crippen molar-refractivity contribution in [1.29, 1.82) is 5.26 Å². The molecule has 0 radical (unpaired) electrons. The molecule has 1 aromatic heterocycles. The molecule has 16 heavy (non-hydrogen) atoms. The van der Waals surface area contributed by atoms with Crippen LogP contribution >= 0.6 is 31.9 Å². The molecule has 0 atom stereocenters. The molecule has 4 heteroatoms. The molecule has 1 heterocycles. The zero-order valence-corrected chi connectivity index (χ0v) is 11.4. The normalized spacial score (nSPS) is 10.4. The van der Waals surface area contributed by atoms with E-state index in [4.69, 9.17) is 5.26 Å². The summed E-state index contributed by atoms with van der Waals surface area (Å²) >= 11 is 6.88. The van der Waals surface area contributed by atoms with Gasteiger partial charge in [0.25, 0.3) is 0 Å². The quantitative estimate of drug-likeness (QED) is 0.756. The number of rotatable bonds is 2. The first-order chi connectivity index (χ1) is 7.72. The molecule has 0 unspecified atom stereocenters. The molecule has 2 aromatic rings. The summed E-state index contributed by atoms with van der Waals surface area (Å²) in [6, 6.07) is 13.8. The maximum absolute atomic E-state index is 8.93. The molecule has 0 aliphatic carbocycles. The van der Waals surface area contributed by atoms with E-state index in [9.17, 15) is 0 Å². The van der Waals surface area contributed by atoms with Gasteiger partial charge in [0.1, 0.15) is 11.8 Å². The minimum Gasteiger partial charge on any atom is -0.308 e. The lowest BCUT2D eigenvalue weighted by molar-refractivity contribution is 1.05. The highest BCUT2D eigenvalue weighted by Gasteiger charge is 2.04. The fourth-order valence-electron chi connectivity index (χ4n) is 1.48. The minimum atomic E-state index is 0.161. The Hall–Kier alpha value is -1.05. The standard InChI is InChI=1S/C12H8Br2N2/c13-12(14)9-3-5-10(6-4-9)16-7-1-2-11(16)8-15/h1-7,12H. The zero-order chi connectivity index (χ0) is 11.5. The molecule has 0 saturated carbocycles. The lowest BCUT2D eigenvalue weighted by Crippen LogP contribution is -1.95. The number of benzene rings is 1. The summed E-state index contributed by atoms with van der Waals surface area (Å²) in [5.74, 6) is 0. The first-order valence-electron chi connectivity index (χ1n) is 4.68. The smallest absolute Gasteiger partial charge is 0.124 e. The molecule has 0 fully saturated rings. The van der Waals surface area contributed by atoms with Crippen LogP contribution in [0.15, 0.2) is 42.6 Å². The third-order valence-electron chi connectivity index (χ3n) is 2.29. The monoisotopic (exact) mass is 338 g/mol. The topological polar surface area (TPSA) is 28.7 Å². The Morgan fingerprint density at radius 1 is 1.12 bits per heavy atom. The first-order valence-corrected chi connectivity index (χ1v) is 6.51. The van der Waals surface area contributed by atoms with Gasteiger partial charge >= 0.3 is 0 Å². The summed E-state index contributed by atoms with van der Waals surface area (Å²) in [5.41, 5.74) is 2.78. The second-order valence-electron chi connectivity index (χ2n) is 3.27. The van der Waals surface area contributed by atoms with Crippen LogP contribution in [0.1, 0.15) is 15.0 Å². The second kappa shape index (κ2) is 4.86. The van der Waals surface area contributed by atoms with Gasteiger partial charge in [0.15, 0.2) is 0 Å². The minimum absolute atomic E-state index is 0.161. The van der Waals surface area contributed by atoms with Gasteiger partial charge in [-0.2, -0.15) is 5.26 Å². The Balaban J connectivity index is 2.39. The van der Waals surface area contributed by atoms with E-state index in [1.54, 1.807) is 6.07 Å². The molecule has 1 aromatic carbocycles. The molecule has 0 bridgehead atoms. The van der Waals surface area contributed by atoms with Crippen LogP contribution in [0.2, 0.25) is 0 Å². The van der Waals surface area contributed by atoms with Crippen molar-refractivity contribution in [1.82, 2.24) is 4.57 Å². The third-order valence-corrected chi connectivity index (χ3v) is 3.34. The van der Waals surface area contributed by atoms with Crippen molar-refractivity contribution in [2.24, 2.45) is 0 Å². The summed E-state index contributed by atoms with van der Waals surface area (Å²) in [6.45, 7) is 0. The molecule has 0 saturated heterocycles. The predicted molar refractivity (Wildman–Crippen MR) is 71.1 cm³/mol. The maximum atomic E-state index is 8.93. The average molecular weight is 340 g/mol. The van der Waals surface area contributed by atoms with Gasteiger partial charge in [-0.15, -0.1) is 0 Å². The predicted octanol–water partition coefficient (Wildman–Crippen LogP) is 4.14. The fraction of sp³-hybridized carbons (Fsp3) is 0.0833. The van der Waals surface area contributed by atoms with Crippen LogP contribution in [0.5, 0.6) is 0 Å². The Kier molecular flexibility index (Phi) is 3.47. The van der Waals surface area contributed by atoms with Gasteiger partial charge in [-0.05, 0) is 29.8 Å². The SMILES string of the molecule is N#Cc1cccn1-c1ccc(C(Br)Br)cc1. The number of nitriles is 1. The van der Waals surface area contributed by atoms with E-state index >= 15 is 0 Å². The van der Waals surface area contributed by atoms with E-state index in [2.05, 4.69) is 37.9 Å². The van der Waals surface area contributed by atoms with Crippen molar-refractivity contribution < 1.29 is 0 Å². The van der Waals surface area contributed by atoms with E-state index in [1.807, 2.05) is 41.1 Å². The van der Waals surface area contributed by atoms with Crippen molar-refractivity contribution in [2.45, 2.75) is 3.74 Å². The molecule has 0 N–H and O–H groups in total. The highest BCUT2D eigenvalue weighted by molar-refractivity contribution is 9.24. The van der Waals surface area contributed by atoms with Gasteiger partial charge in [0.05, 0.1) is 3.74 Å². The molecule has 0 spiro atoms. The first kappa shape index (κ1) is 11.4. The van der Waals surface area contributed by atoms with Crippen LogP contribution < -0.4 is 0 Å². The lowest BCUT2D eigenvalue weighted by atomic mass is 10.2. The largest absolute Gasteiger partial charge is 0.308 e. The van der Waals surface area contributed by atoms with Gasteiger partial charge in [-0.25, -0.2) is 0 Å². The second-order valence-corrected chi connectivity index (χ2v) is 6.33. The average Bonchev–Trinajstić information content (AvgIpc) is 2.77. The van der Waals surface area contributed by atoms with Crippen LogP contribution in [0.3, 0.4) is 0 Å². The molecular weight excluding hydrogens is 332 g/mol. The van der Waals surface area contributed by atoms with Crippen LogP contribution in [0, 0.1) is 11.3 Å². The van der Waals surface area contributed by atoms with Crippen LogP contribution in [-0.2, 0) is 0 Å². The molecule has 0 aliphatic rings. The Morgan fingerprint density at radius 2 is 1.81 bits per heavy atom. The van der Waals surface area contributed by atoms with Gasteiger partial charge < -0.3 is 4.57 Å². The van der Waals surface area contributed by atoms with Crippen molar-refractivity contribution in [2.75, 3.05) is 0 Å². The van der Waals surface area contributed by atoms with Crippen molar-refractivity contribution >= 4 is 31.9 Å². The Morgan fingerprint density at radius 3 is 2.38 bits per heavy atom. The molecule has 80 valence electrons. The van der Waals surface area contributed by atoms with E-state index in [-0.39, 0.29) is 3.74 Å². The molecule has 0 aliphatic heterocycles. The van der Waals surface area contributed by atoms with E-state index in [0.29, 0.717) is 5.69 Å². The molecule has 0 amide bonds. The number of nitrogens with zero attached hydrogens (tertiary/aromatic N) is 2.